The van der Waals surface area contributed by atoms with Gasteiger partial charge in [0.25, 0.3) is 5.56 Å². The number of nitrogens with one attached hydrogen (secondary N) is 2. The van der Waals surface area contributed by atoms with Crippen molar-refractivity contribution in [1.29, 1.82) is 0 Å². The molecule has 1 saturated heterocycles. The molecule has 0 bridgehead atoms. The minimum atomic E-state index is -4.06. The predicted molar refractivity (Wildman–Crippen MR) is 137 cm³/mol. The molecule has 3 aliphatic rings. The second-order valence-corrected chi connectivity index (χ2v) is 12.7. The molecule has 0 radical (unpaired) electrons. The molecule has 1 aromatic rings. The van der Waals surface area contributed by atoms with Crippen molar-refractivity contribution in [1.82, 2.24) is 25.0 Å². The summed E-state index contributed by atoms with van der Waals surface area (Å²) < 4.78 is 27.1. The zero-order chi connectivity index (χ0) is 26.9. The summed E-state index contributed by atoms with van der Waals surface area (Å²) in [6, 6.07) is 2.97. The maximum atomic E-state index is 14.0. The van der Waals surface area contributed by atoms with E-state index in [-0.39, 0.29) is 48.3 Å². The summed E-state index contributed by atoms with van der Waals surface area (Å²) in [6.07, 6.45) is 1.69. The van der Waals surface area contributed by atoms with E-state index < -0.39 is 38.3 Å². The number of carbonyl (C=O) groups excluding carboxylic acids is 3. The Morgan fingerprint density at radius 1 is 1.14 bits per heavy atom. The van der Waals surface area contributed by atoms with Gasteiger partial charge in [-0.25, -0.2) is 8.42 Å². The molecule has 12 heteroatoms. The van der Waals surface area contributed by atoms with Crippen LogP contribution in [0.2, 0.25) is 0 Å². The van der Waals surface area contributed by atoms with Crippen molar-refractivity contribution < 1.29 is 22.8 Å². The quantitative estimate of drug-likeness (QED) is 0.478. The fourth-order valence-electron chi connectivity index (χ4n) is 5.24. The molecule has 37 heavy (non-hydrogen) atoms. The minimum Gasteiger partial charge on any atom is -0.379 e. The molecule has 2 amide bonds. The Labute approximate surface area is 216 Å². The first kappa shape index (κ1) is 27.1. The van der Waals surface area contributed by atoms with Crippen LogP contribution in [0.15, 0.2) is 34.5 Å². The number of sulfone groups is 1. The number of pyridine rings is 1. The number of carbonyl (C=O) groups is 3. The molecular formula is C25H35N5O6S. The van der Waals surface area contributed by atoms with Crippen molar-refractivity contribution in [2.75, 3.05) is 39.8 Å². The monoisotopic (exact) mass is 533 g/mol. The zero-order valence-corrected chi connectivity index (χ0v) is 22.3. The molecule has 2 unspecified atom stereocenters. The summed E-state index contributed by atoms with van der Waals surface area (Å²) >= 11 is 0. The van der Waals surface area contributed by atoms with Gasteiger partial charge in [0, 0.05) is 62.4 Å². The summed E-state index contributed by atoms with van der Waals surface area (Å²) in [4.78, 5) is 59.5. The van der Waals surface area contributed by atoms with E-state index in [4.69, 9.17) is 0 Å². The lowest BCUT2D eigenvalue weighted by Gasteiger charge is -2.34. The molecule has 0 aliphatic carbocycles. The molecule has 0 spiro atoms. The predicted octanol–water partition coefficient (Wildman–Crippen LogP) is 0.0584. The Kier molecular flexibility index (Phi) is 7.88. The van der Waals surface area contributed by atoms with E-state index in [0.29, 0.717) is 25.2 Å². The van der Waals surface area contributed by atoms with Gasteiger partial charge in [0.1, 0.15) is 11.1 Å². The Morgan fingerprint density at radius 2 is 1.84 bits per heavy atom. The second-order valence-electron chi connectivity index (χ2n) is 10.5. The van der Waals surface area contributed by atoms with Crippen molar-refractivity contribution in [3.8, 4) is 0 Å². The lowest BCUT2D eigenvalue weighted by atomic mass is 9.92. The molecule has 2 N–H and O–H groups in total. The number of aromatic nitrogens is 1. The van der Waals surface area contributed by atoms with Crippen molar-refractivity contribution in [3.63, 3.8) is 0 Å². The van der Waals surface area contributed by atoms with Crippen LogP contribution in [0.5, 0.6) is 0 Å². The molecular weight excluding hydrogens is 498 g/mol. The number of Topliss-reactive ketones (excluding diaryl/α,β-unsaturated/α-hetero) is 1. The SMILES string of the molecule is CC(C)CC(CC(=O)N1CCN(C)CC1)C(=O)N1C2=C(CC1S(=O)(=O)Cc1ccc[nH]c1=O)NCC2=O. The van der Waals surface area contributed by atoms with Gasteiger partial charge in [0.2, 0.25) is 11.8 Å². The van der Waals surface area contributed by atoms with Crippen LogP contribution in [-0.4, -0.2) is 90.8 Å². The van der Waals surface area contributed by atoms with Crippen LogP contribution in [-0.2, 0) is 30.0 Å². The third-order valence-electron chi connectivity index (χ3n) is 7.21. The van der Waals surface area contributed by atoms with Crippen LogP contribution < -0.4 is 10.9 Å². The minimum absolute atomic E-state index is 0.00532. The normalized spacial score (nSPS) is 21.4. The van der Waals surface area contributed by atoms with Crippen molar-refractivity contribution in [3.05, 3.63) is 45.6 Å². The lowest BCUT2D eigenvalue weighted by Crippen LogP contribution is -2.49. The van der Waals surface area contributed by atoms with Crippen molar-refractivity contribution in [2.24, 2.45) is 11.8 Å². The molecule has 1 fully saturated rings. The molecule has 4 heterocycles. The van der Waals surface area contributed by atoms with Crippen LogP contribution >= 0.6 is 0 Å². The average molecular weight is 534 g/mol. The number of piperazine rings is 1. The molecule has 0 aromatic carbocycles. The highest BCUT2D eigenvalue weighted by Gasteiger charge is 2.49. The van der Waals surface area contributed by atoms with Crippen LogP contribution in [0.1, 0.15) is 38.7 Å². The number of nitrogens with zero attached hydrogens (tertiary/aromatic N) is 3. The molecule has 3 aliphatic heterocycles. The molecule has 4 rings (SSSR count). The third kappa shape index (κ3) is 5.80. The highest BCUT2D eigenvalue weighted by Crippen LogP contribution is 2.37. The zero-order valence-electron chi connectivity index (χ0n) is 21.5. The summed E-state index contributed by atoms with van der Waals surface area (Å²) in [6.45, 7) is 6.51. The van der Waals surface area contributed by atoms with Crippen LogP contribution in [0.4, 0.5) is 0 Å². The number of ketones is 1. The molecule has 2 atom stereocenters. The number of hydrogen-bond donors (Lipinski definition) is 2. The Bertz CT molecular complexity index is 1260. The number of likely N-dealkylation sites (N-methyl/N-ethyl adjacent to an activating group) is 1. The van der Waals surface area contributed by atoms with Gasteiger partial charge in [-0.1, -0.05) is 19.9 Å². The van der Waals surface area contributed by atoms with Gasteiger partial charge in [-0.15, -0.1) is 0 Å². The smallest absolute Gasteiger partial charge is 0.252 e. The average Bonchev–Trinajstić information content (AvgIpc) is 3.40. The Hall–Kier alpha value is -2.99. The van der Waals surface area contributed by atoms with Gasteiger partial charge in [0.15, 0.2) is 15.6 Å². The van der Waals surface area contributed by atoms with E-state index in [9.17, 15) is 27.6 Å². The molecule has 0 saturated carbocycles. The number of aromatic amines is 1. The number of H-pyrrole nitrogens is 1. The molecule has 1 aromatic heterocycles. The molecule has 11 nitrogen and oxygen atoms in total. The topological polar surface area (TPSA) is 140 Å². The fourth-order valence-corrected chi connectivity index (χ4v) is 7.04. The Balaban J connectivity index is 1.62. The van der Waals surface area contributed by atoms with Gasteiger partial charge in [0.05, 0.1) is 12.3 Å². The van der Waals surface area contributed by atoms with E-state index in [2.05, 4.69) is 15.2 Å². The standard InChI is InChI=1S/C25H35N5O6S/c1-16(2)11-18(12-21(32)29-9-7-28(3)8-10-29)25(34)30-22(13-19-23(30)20(31)14-27-19)37(35,36)15-17-5-4-6-26-24(17)33/h4-6,16,18,22,27H,7-15H2,1-3H3,(H,26,33). The fraction of sp³-hybridized carbons (Fsp3) is 0.600. The van der Waals surface area contributed by atoms with Crippen LogP contribution in [0, 0.1) is 11.8 Å². The van der Waals surface area contributed by atoms with Crippen LogP contribution in [0.25, 0.3) is 0 Å². The highest BCUT2D eigenvalue weighted by atomic mass is 32.2. The maximum absolute atomic E-state index is 14.0. The van der Waals surface area contributed by atoms with Gasteiger partial charge in [-0.3, -0.25) is 24.1 Å². The summed E-state index contributed by atoms with van der Waals surface area (Å²) in [5.41, 5.74) is 0.0289. The number of rotatable bonds is 8. The van der Waals surface area contributed by atoms with Gasteiger partial charge in [-0.2, -0.15) is 0 Å². The summed E-state index contributed by atoms with van der Waals surface area (Å²) in [5.74, 6) is -2.31. The third-order valence-corrected chi connectivity index (χ3v) is 9.13. The van der Waals surface area contributed by atoms with Gasteiger partial charge < -0.3 is 20.1 Å². The maximum Gasteiger partial charge on any atom is 0.252 e. The largest absolute Gasteiger partial charge is 0.379 e. The summed E-state index contributed by atoms with van der Waals surface area (Å²) in [5, 5.41) is 1.61. The van der Waals surface area contributed by atoms with Gasteiger partial charge in [-0.05, 0) is 25.5 Å². The Morgan fingerprint density at radius 3 is 2.49 bits per heavy atom. The number of hydrogen-bond acceptors (Lipinski definition) is 8. The van der Waals surface area contributed by atoms with E-state index in [1.165, 1.54) is 18.3 Å². The number of amides is 2. The van der Waals surface area contributed by atoms with Crippen LogP contribution in [0.3, 0.4) is 0 Å². The van der Waals surface area contributed by atoms with Gasteiger partial charge >= 0.3 is 0 Å². The van der Waals surface area contributed by atoms with E-state index in [1.54, 1.807) is 4.90 Å². The first-order chi connectivity index (χ1) is 17.5. The van der Waals surface area contributed by atoms with E-state index >= 15 is 0 Å². The summed E-state index contributed by atoms with van der Waals surface area (Å²) in [7, 11) is -2.07. The van der Waals surface area contributed by atoms with Crippen molar-refractivity contribution in [2.45, 2.75) is 44.2 Å². The van der Waals surface area contributed by atoms with E-state index in [1.807, 2.05) is 20.9 Å². The second kappa shape index (κ2) is 10.8. The van der Waals surface area contributed by atoms with E-state index in [0.717, 1.165) is 18.0 Å². The first-order valence-corrected chi connectivity index (χ1v) is 14.4. The molecule has 202 valence electrons. The van der Waals surface area contributed by atoms with Crippen molar-refractivity contribution >= 4 is 27.4 Å². The highest BCUT2D eigenvalue weighted by molar-refractivity contribution is 7.91. The first-order valence-electron chi connectivity index (χ1n) is 12.7. The lowest BCUT2D eigenvalue weighted by molar-refractivity contribution is -0.142.